The van der Waals surface area contributed by atoms with Gasteiger partial charge in [-0.3, -0.25) is 14.9 Å². The van der Waals surface area contributed by atoms with E-state index in [-0.39, 0.29) is 40.4 Å². The van der Waals surface area contributed by atoms with Gasteiger partial charge in [0.25, 0.3) is 5.91 Å². The van der Waals surface area contributed by atoms with E-state index in [9.17, 15) is 18.4 Å². The van der Waals surface area contributed by atoms with Crippen molar-refractivity contribution in [1.29, 1.82) is 0 Å². The van der Waals surface area contributed by atoms with Crippen LogP contribution in [0.1, 0.15) is 23.2 Å². The van der Waals surface area contributed by atoms with Crippen molar-refractivity contribution in [3.8, 4) is 5.75 Å². The van der Waals surface area contributed by atoms with Gasteiger partial charge < -0.3 is 19.5 Å². The molecule has 2 aromatic rings. The van der Waals surface area contributed by atoms with Crippen molar-refractivity contribution in [2.75, 3.05) is 37.6 Å². The van der Waals surface area contributed by atoms with Crippen LogP contribution in [-0.4, -0.2) is 65.6 Å². The molecule has 174 valence electrons. The van der Waals surface area contributed by atoms with E-state index < -0.39 is 18.4 Å². The lowest BCUT2D eigenvalue weighted by Gasteiger charge is -2.22. The Kier molecular flexibility index (Phi) is 8.25. The number of aromatic nitrogens is 4. The molecule has 0 aliphatic carbocycles. The highest BCUT2D eigenvalue weighted by atomic mass is 35.5. The quantitative estimate of drug-likeness (QED) is 0.565. The molecular formula is C18H21ClF2N6O5. The van der Waals surface area contributed by atoms with E-state index >= 15 is 0 Å². The van der Waals surface area contributed by atoms with Gasteiger partial charge in [-0.25, -0.2) is 4.68 Å². The molecule has 3 rings (SSSR count). The SMILES string of the molecule is COCCn1nnnc1NC(=O)c1ccc(OC(F)F)c(NC(=O)C2CCOCC2)c1Cl. The van der Waals surface area contributed by atoms with Crippen LogP contribution in [0.25, 0.3) is 0 Å². The number of ether oxygens (including phenoxy) is 3. The number of methoxy groups -OCH3 is 1. The van der Waals surface area contributed by atoms with Crippen molar-refractivity contribution in [1.82, 2.24) is 20.2 Å². The van der Waals surface area contributed by atoms with Gasteiger partial charge in [0.2, 0.25) is 11.9 Å². The van der Waals surface area contributed by atoms with Crippen molar-refractivity contribution in [3.63, 3.8) is 0 Å². The third-order valence-electron chi connectivity index (χ3n) is 4.67. The highest BCUT2D eigenvalue weighted by Gasteiger charge is 2.26. The largest absolute Gasteiger partial charge is 0.433 e. The van der Waals surface area contributed by atoms with E-state index in [0.717, 1.165) is 6.07 Å². The maximum Gasteiger partial charge on any atom is 0.387 e. The zero-order chi connectivity index (χ0) is 23.1. The number of hydrogen-bond acceptors (Lipinski definition) is 8. The van der Waals surface area contributed by atoms with Crippen LogP contribution in [0.4, 0.5) is 20.4 Å². The Morgan fingerprint density at radius 2 is 2.06 bits per heavy atom. The standard InChI is InChI=1S/C18H21ClF2N6O5/c1-30-9-6-27-18(24-25-26-27)23-16(29)11-2-3-12(32-17(20)21)14(13(11)19)22-15(28)10-4-7-31-8-5-10/h2-3,10,17H,4-9H2,1H3,(H,22,28)(H,23,24,26,29). The summed E-state index contributed by atoms with van der Waals surface area (Å²) in [5, 5.41) is 15.7. The van der Waals surface area contributed by atoms with Gasteiger partial charge >= 0.3 is 6.61 Å². The van der Waals surface area contributed by atoms with Crippen LogP contribution in [0.2, 0.25) is 5.02 Å². The molecule has 1 aromatic heterocycles. The molecule has 1 aliphatic rings. The average Bonchev–Trinajstić information content (AvgIpc) is 3.21. The first kappa shape index (κ1) is 23.8. The molecule has 0 unspecified atom stereocenters. The summed E-state index contributed by atoms with van der Waals surface area (Å²) < 4.78 is 41.7. The summed E-state index contributed by atoms with van der Waals surface area (Å²) in [6, 6.07) is 2.32. The number of nitrogens with one attached hydrogen (secondary N) is 2. The second kappa shape index (κ2) is 11.1. The van der Waals surface area contributed by atoms with Gasteiger partial charge in [-0.2, -0.15) is 8.78 Å². The number of carbonyl (C=O) groups is 2. The Hall–Kier alpha value is -2.90. The molecule has 14 heteroatoms. The predicted octanol–water partition coefficient (Wildman–Crippen LogP) is 2.19. The number of anilines is 2. The minimum atomic E-state index is -3.16. The van der Waals surface area contributed by atoms with Gasteiger partial charge in [0.05, 0.1) is 23.7 Å². The molecule has 1 aliphatic heterocycles. The molecule has 0 atom stereocenters. The summed E-state index contributed by atoms with van der Waals surface area (Å²) >= 11 is 6.34. The van der Waals surface area contributed by atoms with Crippen molar-refractivity contribution in [2.45, 2.75) is 26.0 Å². The van der Waals surface area contributed by atoms with Gasteiger partial charge in [0.1, 0.15) is 5.69 Å². The Balaban J connectivity index is 1.85. The summed E-state index contributed by atoms with van der Waals surface area (Å²) in [6.07, 6.45) is 0.942. The van der Waals surface area contributed by atoms with Gasteiger partial charge in [0, 0.05) is 26.2 Å². The lowest BCUT2D eigenvalue weighted by Crippen LogP contribution is -2.29. The maximum atomic E-state index is 12.9. The second-order valence-electron chi connectivity index (χ2n) is 6.73. The predicted molar refractivity (Wildman–Crippen MR) is 108 cm³/mol. The fourth-order valence-corrected chi connectivity index (χ4v) is 3.31. The number of alkyl halides is 2. The monoisotopic (exact) mass is 474 g/mol. The van der Waals surface area contributed by atoms with Crippen LogP contribution >= 0.6 is 11.6 Å². The zero-order valence-electron chi connectivity index (χ0n) is 17.0. The van der Waals surface area contributed by atoms with Gasteiger partial charge in [-0.05, 0) is 35.4 Å². The molecule has 2 heterocycles. The molecule has 1 saturated heterocycles. The highest BCUT2D eigenvalue weighted by molar-refractivity contribution is 6.37. The molecule has 1 aromatic carbocycles. The first-order valence-corrected chi connectivity index (χ1v) is 10.0. The number of hydrogen-bond donors (Lipinski definition) is 2. The van der Waals surface area contributed by atoms with Crippen LogP contribution in [0.15, 0.2) is 12.1 Å². The lowest BCUT2D eigenvalue weighted by molar-refractivity contribution is -0.122. The smallest absolute Gasteiger partial charge is 0.387 e. The number of halogens is 3. The fraction of sp³-hybridized carbons (Fsp3) is 0.500. The van der Waals surface area contributed by atoms with Gasteiger partial charge in [-0.1, -0.05) is 16.7 Å². The number of rotatable bonds is 9. The third-order valence-corrected chi connectivity index (χ3v) is 5.06. The number of nitrogens with zero attached hydrogens (tertiary/aromatic N) is 4. The maximum absolute atomic E-state index is 12.9. The first-order chi connectivity index (χ1) is 15.4. The summed E-state index contributed by atoms with van der Waals surface area (Å²) in [5.74, 6) is -1.87. The number of tetrazole rings is 1. The topological polar surface area (TPSA) is 129 Å². The minimum absolute atomic E-state index is 0.0313. The minimum Gasteiger partial charge on any atom is -0.433 e. The second-order valence-corrected chi connectivity index (χ2v) is 7.11. The Labute approximate surface area is 186 Å². The highest BCUT2D eigenvalue weighted by Crippen LogP contribution is 2.37. The normalized spacial score (nSPS) is 14.4. The third kappa shape index (κ3) is 5.87. The first-order valence-electron chi connectivity index (χ1n) is 9.63. The van der Waals surface area contributed by atoms with Crippen molar-refractivity contribution >= 4 is 35.1 Å². The Morgan fingerprint density at radius 3 is 2.75 bits per heavy atom. The molecule has 0 bridgehead atoms. The van der Waals surface area contributed by atoms with Crippen molar-refractivity contribution in [3.05, 3.63) is 22.7 Å². The van der Waals surface area contributed by atoms with Crippen LogP contribution in [0.5, 0.6) is 5.75 Å². The van der Waals surface area contributed by atoms with Gasteiger partial charge in [-0.15, -0.1) is 0 Å². The van der Waals surface area contributed by atoms with E-state index in [2.05, 4.69) is 30.9 Å². The van der Waals surface area contributed by atoms with Crippen molar-refractivity contribution < 1.29 is 32.6 Å². The van der Waals surface area contributed by atoms with Crippen LogP contribution in [0.3, 0.4) is 0 Å². The lowest BCUT2D eigenvalue weighted by atomic mass is 9.99. The summed E-state index contributed by atoms with van der Waals surface area (Å²) in [5.41, 5.74) is -0.327. The zero-order valence-corrected chi connectivity index (χ0v) is 17.8. The van der Waals surface area contributed by atoms with E-state index in [4.69, 9.17) is 21.1 Å². The summed E-state index contributed by atoms with van der Waals surface area (Å²) in [6.45, 7) is -1.76. The molecule has 0 saturated carbocycles. The summed E-state index contributed by atoms with van der Waals surface area (Å²) in [4.78, 5) is 25.4. The molecule has 0 spiro atoms. The molecule has 2 N–H and O–H groups in total. The molecule has 32 heavy (non-hydrogen) atoms. The van der Waals surface area contributed by atoms with E-state index in [1.807, 2.05) is 0 Å². The number of carbonyl (C=O) groups excluding carboxylic acids is 2. The molecule has 0 radical (unpaired) electrons. The number of amides is 2. The van der Waals surface area contributed by atoms with Crippen LogP contribution in [-0.2, 0) is 20.8 Å². The summed E-state index contributed by atoms with van der Waals surface area (Å²) in [7, 11) is 1.50. The number of benzene rings is 1. The average molecular weight is 475 g/mol. The Morgan fingerprint density at radius 1 is 1.31 bits per heavy atom. The molecule has 2 amide bonds. The molecule has 1 fully saturated rings. The molecule has 11 nitrogen and oxygen atoms in total. The van der Waals surface area contributed by atoms with Gasteiger partial charge in [0.15, 0.2) is 5.75 Å². The molecular weight excluding hydrogens is 454 g/mol. The van der Waals surface area contributed by atoms with Crippen LogP contribution < -0.4 is 15.4 Å². The fourth-order valence-electron chi connectivity index (χ4n) is 3.02. The van der Waals surface area contributed by atoms with E-state index in [0.29, 0.717) is 32.7 Å². The van der Waals surface area contributed by atoms with E-state index in [1.54, 1.807) is 0 Å². The Bertz CT molecular complexity index is 954. The van der Waals surface area contributed by atoms with E-state index in [1.165, 1.54) is 17.9 Å². The van der Waals surface area contributed by atoms with Crippen molar-refractivity contribution in [2.24, 2.45) is 5.92 Å². The van der Waals surface area contributed by atoms with Crippen LogP contribution in [0, 0.1) is 5.92 Å².